The molecule has 0 spiro atoms. The molecule has 1 aliphatic carbocycles. The van der Waals surface area contributed by atoms with Crippen LogP contribution in [0.4, 0.5) is 0 Å². The minimum atomic E-state index is -0.487. The summed E-state index contributed by atoms with van der Waals surface area (Å²) in [5.41, 5.74) is 15.9. The van der Waals surface area contributed by atoms with Crippen molar-refractivity contribution in [3.63, 3.8) is 0 Å². The highest BCUT2D eigenvalue weighted by Crippen LogP contribution is 2.57. The highest BCUT2D eigenvalue weighted by atomic mass is 14.7. The van der Waals surface area contributed by atoms with Crippen molar-refractivity contribution in [2.45, 2.75) is 5.41 Å². The second-order valence-electron chi connectivity index (χ2n) is 15.4. The van der Waals surface area contributed by atoms with Crippen LogP contribution in [0.25, 0.3) is 88.2 Å². The number of hydrogen-bond donors (Lipinski definition) is 0. The number of pyridine rings is 4. The predicted molar refractivity (Wildman–Crippen MR) is 241 cm³/mol. The van der Waals surface area contributed by atoms with Gasteiger partial charge in [0, 0.05) is 56.8 Å². The number of benzene rings is 7. The van der Waals surface area contributed by atoms with Crippen LogP contribution in [-0.2, 0) is 5.41 Å². The number of para-hydroxylation sites is 1. The smallest absolute Gasteiger partial charge is 0.0971 e. The summed E-state index contributed by atoms with van der Waals surface area (Å²) in [4.78, 5) is 19.8. The molecule has 7 aromatic carbocycles. The van der Waals surface area contributed by atoms with Gasteiger partial charge in [-0.2, -0.15) is 0 Å². The standard InChI is InChI=1S/C55H34N4/c1-3-17-39(18-4-1)55(40-19-5-2-6-20-40)48-24-9-7-21-41(48)45-32-47-44(33-49(45)55)42-22-8-10-25-51(42)59-52(47)36-15-11-14-35(30-36)38-26-27-50(58-34-38)46-31-37-16-12-28-56-53(37)54-43(46)23-13-29-57-54/h1-34H. The zero-order chi connectivity index (χ0) is 38.9. The summed E-state index contributed by atoms with van der Waals surface area (Å²) < 4.78 is 0. The molecule has 0 radical (unpaired) electrons. The van der Waals surface area contributed by atoms with E-state index in [1.165, 1.54) is 38.8 Å². The van der Waals surface area contributed by atoms with E-state index in [0.717, 1.165) is 71.7 Å². The van der Waals surface area contributed by atoms with E-state index in [0.29, 0.717) is 0 Å². The molecule has 1 aliphatic rings. The van der Waals surface area contributed by atoms with Crippen LogP contribution in [0, 0.1) is 0 Å². The molecule has 4 aromatic heterocycles. The van der Waals surface area contributed by atoms with Crippen molar-refractivity contribution in [1.82, 2.24) is 19.9 Å². The van der Waals surface area contributed by atoms with Crippen LogP contribution in [0.2, 0.25) is 0 Å². The third kappa shape index (κ3) is 5.03. The fourth-order valence-electron chi connectivity index (χ4n) is 9.66. The van der Waals surface area contributed by atoms with Gasteiger partial charge in [-0.25, -0.2) is 4.98 Å². The first-order valence-corrected chi connectivity index (χ1v) is 20.0. The molecule has 0 N–H and O–H groups in total. The van der Waals surface area contributed by atoms with Gasteiger partial charge < -0.3 is 0 Å². The average molecular weight is 751 g/mol. The maximum atomic E-state index is 5.42. The van der Waals surface area contributed by atoms with E-state index in [9.17, 15) is 0 Å². The Hall–Kier alpha value is -7.82. The molecule has 59 heavy (non-hydrogen) atoms. The number of rotatable bonds is 5. The molecule has 0 unspecified atom stereocenters. The third-order valence-corrected chi connectivity index (χ3v) is 12.2. The molecule has 0 saturated heterocycles. The van der Waals surface area contributed by atoms with Crippen LogP contribution in [0.1, 0.15) is 22.3 Å². The van der Waals surface area contributed by atoms with Crippen molar-refractivity contribution in [1.29, 1.82) is 0 Å². The van der Waals surface area contributed by atoms with Gasteiger partial charge in [-0.1, -0.05) is 140 Å². The zero-order valence-corrected chi connectivity index (χ0v) is 31.9. The lowest BCUT2D eigenvalue weighted by atomic mass is 9.67. The summed E-state index contributed by atoms with van der Waals surface area (Å²) in [5, 5.41) is 5.54. The van der Waals surface area contributed by atoms with Gasteiger partial charge in [0.1, 0.15) is 0 Å². The van der Waals surface area contributed by atoms with Crippen LogP contribution in [0.15, 0.2) is 207 Å². The van der Waals surface area contributed by atoms with Crippen LogP contribution in [0.3, 0.4) is 0 Å². The van der Waals surface area contributed by atoms with Crippen molar-refractivity contribution in [3.05, 3.63) is 229 Å². The van der Waals surface area contributed by atoms with Crippen LogP contribution in [0.5, 0.6) is 0 Å². The van der Waals surface area contributed by atoms with Crippen molar-refractivity contribution < 1.29 is 0 Å². The highest BCUT2D eigenvalue weighted by Gasteiger charge is 2.46. The summed E-state index contributed by atoms with van der Waals surface area (Å²) in [6, 6.07) is 67.7. The molecule has 0 saturated carbocycles. The summed E-state index contributed by atoms with van der Waals surface area (Å²) in [7, 11) is 0. The van der Waals surface area contributed by atoms with Gasteiger partial charge in [0.25, 0.3) is 0 Å². The van der Waals surface area contributed by atoms with Crippen molar-refractivity contribution in [3.8, 4) is 44.8 Å². The van der Waals surface area contributed by atoms with Gasteiger partial charge in [0.15, 0.2) is 0 Å². The van der Waals surface area contributed by atoms with E-state index in [-0.39, 0.29) is 0 Å². The Bertz CT molecular complexity index is 3390. The van der Waals surface area contributed by atoms with Gasteiger partial charge in [-0.15, -0.1) is 0 Å². The molecular formula is C55H34N4. The largest absolute Gasteiger partial charge is 0.256 e. The first kappa shape index (κ1) is 33.3. The summed E-state index contributed by atoms with van der Waals surface area (Å²) in [6.45, 7) is 0. The van der Waals surface area contributed by atoms with E-state index in [4.69, 9.17) is 15.0 Å². The lowest BCUT2D eigenvalue weighted by Crippen LogP contribution is -2.28. The third-order valence-electron chi connectivity index (χ3n) is 12.2. The molecule has 11 aromatic rings. The van der Waals surface area contributed by atoms with Gasteiger partial charge in [0.05, 0.1) is 33.4 Å². The van der Waals surface area contributed by atoms with Gasteiger partial charge >= 0.3 is 0 Å². The fraction of sp³-hybridized carbons (Fsp3) is 0.0182. The first-order chi connectivity index (χ1) is 29.3. The normalized spacial score (nSPS) is 12.9. The maximum absolute atomic E-state index is 5.42. The van der Waals surface area contributed by atoms with Crippen molar-refractivity contribution in [2.75, 3.05) is 0 Å². The lowest BCUT2D eigenvalue weighted by Gasteiger charge is -2.34. The topological polar surface area (TPSA) is 51.6 Å². The molecule has 4 heteroatoms. The molecule has 0 atom stereocenters. The number of aromatic nitrogens is 4. The summed E-state index contributed by atoms with van der Waals surface area (Å²) in [5.74, 6) is 0. The van der Waals surface area contributed by atoms with E-state index in [2.05, 4.69) is 181 Å². The minimum absolute atomic E-state index is 0.487. The Morgan fingerprint density at radius 2 is 1.08 bits per heavy atom. The van der Waals surface area contributed by atoms with Gasteiger partial charge in [0.2, 0.25) is 0 Å². The zero-order valence-electron chi connectivity index (χ0n) is 31.9. The Labute approximate surface area is 341 Å². The van der Waals surface area contributed by atoms with E-state index in [1.54, 1.807) is 0 Å². The molecule has 0 fully saturated rings. The van der Waals surface area contributed by atoms with Crippen LogP contribution < -0.4 is 0 Å². The van der Waals surface area contributed by atoms with Crippen LogP contribution in [-0.4, -0.2) is 19.9 Å². The maximum Gasteiger partial charge on any atom is 0.0971 e. The predicted octanol–water partition coefficient (Wildman–Crippen LogP) is 13.2. The Balaban J connectivity index is 1.04. The summed E-state index contributed by atoms with van der Waals surface area (Å²) in [6.07, 6.45) is 5.63. The van der Waals surface area contributed by atoms with Crippen molar-refractivity contribution >= 4 is 43.5 Å². The molecular weight excluding hydrogens is 717 g/mol. The molecule has 0 bridgehead atoms. The van der Waals surface area contributed by atoms with E-state index >= 15 is 0 Å². The Kier molecular flexibility index (Phi) is 7.41. The molecule has 4 nitrogen and oxygen atoms in total. The van der Waals surface area contributed by atoms with E-state index in [1.807, 2.05) is 30.7 Å². The fourth-order valence-corrected chi connectivity index (χ4v) is 9.66. The number of nitrogens with zero attached hydrogens (tertiary/aromatic N) is 4. The van der Waals surface area contributed by atoms with Gasteiger partial charge in [-0.3, -0.25) is 15.0 Å². The molecule has 4 heterocycles. The molecule has 0 aliphatic heterocycles. The van der Waals surface area contributed by atoms with Gasteiger partial charge in [-0.05, 0) is 92.9 Å². The van der Waals surface area contributed by atoms with E-state index < -0.39 is 5.41 Å². The van der Waals surface area contributed by atoms with Crippen molar-refractivity contribution in [2.24, 2.45) is 0 Å². The molecule has 274 valence electrons. The van der Waals surface area contributed by atoms with Crippen LogP contribution >= 0.6 is 0 Å². The highest BCUT2D eigenvalue weighted by molar-refractivity contribution is 6.14. The Morgan fingerprint density at radius 3 is 1.90 bits per heavy atom. The quantitative estimate of drug-likeness (QED) is 0.164. The minimum Gasteiger partial charge on any atom is -0.256 e. The average Bonchev–Trinajstić information content (AvgIpc) is 3.61. The number of fused-ring (bicyclic) bond motifs is 9. The Morgan fingerprint density at radius 1 is 0.373 bits per heavy atom. The monoisotopic (exact) mass is 750 g/mol. The second-order valence-corrected chi connectivity index (χ2v) is 15.4. The lowest BCUT2D eigenvalue weighted by molar-refractivity contribution is 0.769. The second kappa shape index (κ2) is 13.1. The SMILES string of the molecule is c1ccc(C2(c3ccccc3)c3ccccc3-c3cc4c(-c5cccc(-c6ccc(-c7cc8cccnc8c8ncccc78)nc6)c5)nc5ccccc5c4cc32)cc1. The number of hydrogen-bond acceptors (Lipinski definition) is 4. The first-order valence-electron chi connectivity index (χ1n) is 20.0. The molecule has 12 rings (SSSR count). The molecule has 0 amide bonds. The summed E-state index contributed by atoms with van der Waals surface area (Å²) >= 11 is 0.